The van der Waals surface area contributed by atoms with Gasteiger partial charge in [0.2, 0.25) is 5.91 Å². The second-order valence-corrected chi connectivity index (χ2v) is 7.20. The van der Waals surface area contributed by atoms with E-state index in [4.69, 9.17) is 4.84 Å². The molecule has 1 aliphatic carbocycles. The van der Waals surface area contributed by atoms with Gasteiger partial charge in [-0.3, -0.25) is 14.6 Å². The van der Waals surface area contributed by atoms with Gasteiger partial charge in [0.05, 0.1) is 36.2 Å². The van der Waals surface area contributed by atoms with Gasteiger partial charge in [-0.1, -0.05) is 12.1 Å². The van der Waals surface area contributed by atoms with Crippen molar-refractivity contribution in [2.45, 2.75) is 31.3 Å². The molecule has 2 aliphatic rings. The molecule has 1 aliphatic heterocycles. The third kappa shape index (κ3) is 2.78. The van der Waals surface area contributed by atoms with E-state index in [0.29, 0.717) is 18.6 Å². The zero-order chi connectivity index (χ0) is 18.4. The summed E-state index contributed by atoms with van der Waals surface area (Å²) in [6.07, 6.45) is 6.78. The number of aromatic nitrogens is 3. The number of amides is 1. The molecular formula is C20H19FN4O2. The Morgan fingerprint density at radius 1 is 1.22 bits per heavy atom. The van der Waals surface area contributed by atoms with E-state index < -0.39 is 5.82 Å². The normalized spacial score (nSPS) is 24.9. The van der Waals surface area contributed by atoms with Gasteiger partial charge in [-0.2, -0.15) is 0 Å². The smallest absolute Gasteiger partial charge is 0.249 e. The monoisotopic (exact) mass is 366 g/mol. The Hall–Kier alpha value is -2.80. The van der Waals surface area contributed by atoms with Crippen molar-refractivity contribution in [2.75, 3.05) is 6.61 Å². The van der Waals surface area contributed by atoms with Gasteiger partial charge in [0.1, 0.15) is 5.82 Å². The maximum Gasteiger partial charge on any atom is 0.249 e. The van der Waals surface area contributed by atoms with Crippen LogP contribution in [0, 0.1) is 11.7 Å². The number of hydrogen-bond acceptors (Lipinski definition) is 4. The molecule has 1 atom stereocenters. The lowest BCUT2D eigenvalue weighted by atomic mass is 9.79. The number of hydrogen-bond donors (Lipinski definition) is 0. The van der Waals surface area contributed by atoms with Gasteiger partial charge >= 0.3 is 0 Å². The highest BCUT2D eigenvalue weighted by atomic mass is 19.1. The molecule has 6 nitrogen and oxygen atoms in total. The standard InChI is InChI=1S/C20H19FN4O2/c21-15-7-14(10-22-11-15)18-5-6-27-25(18)20(26)13-8-16(9-13)24-12-23-17-3-1-2-4-19(17)24/h1-4,7,10-13,16,18H,5-6,8-9H2/t13-,16+,18-/m0/s1. The van der Waals surface area contributed by atoms with Crippen LogP contribution in [-0.4, -0.2) is 32.1 Å². The summed E-state index contributed by atoms with van der Waals surface area (Å²) < 4.78 is 15.7. The topological polar surface area (TPSA) is 60.2 Å². The third-order valence-electron chi connectivity index (χ3n) is 5.57. The number of carbonyl (C=O) groups is 1. The molecule has 5 rings (SSSR count). The number of benzene rings is 1. The molecule has 3 heterocycles. The Balaban J connectivity index is 1.30. The zero-order valence-corrected chi connectivity index (χ0v) is 14.7. The van der Waals surface area contributed by atoms with Crippen molar-refractivity contribution in [3.8, 4) is 0 Å². The van der Waals surface area contributed by atoms with Crippen LogP contribution in [0.2, 0.25) is 0 Å². The number of halogens is 1. The molecule has 27 heavy (non-hydrogen) atoms. The number of imidazole rings is 1. The molecule has 1 amide bonds. The van der Waals surface area contributed by atoms with E-state index >= 15 is 0 Å². The molecule has 0 unspecified atom stereocenters. The fourth-order valence-electron chi connectivity index (χ4n) is 4.07. The van der Waals surface area contributed by atoms with Crippen LogP contribution in [-0.2, 0) is 9.63 Å². The minimum atomic E-state index is -0.400. The largest absolute Gasteiger partial charge is 0.327 e. The predicted octanol–water partition coefficient (Wildman–Crippen LogP) is 3.43. The van der Waals surface area contributed by atoms with Crippen molar-refractivity contribution in [3.63, 3.8) is 0 Å². The molecule has 0 N–H and O–H groups in total. The minimum absolute atomic E-state index is 0.0255. The predicted molar refractivity (Wildman–Crippen MR) is 95.8 cm³/mol. The Labute approximate surface area is 155 Å². The van der Waals surface area contributed by atoms with Gasteiger partial charge in [0.25, 0.3) is 0 Å². The molecule has 0 spiro atoms. The van der Waals surface area contributed by atoms with E-state index in [-0.39, 0.29) is 23.9 Å². The summed E-state index contributed by atoms with van der Waals surface area (Å²) >= 11 is 0. The molecular weight excluding hydrogens is 347 g/mol. The number of rotatable bonds is 3. The number of hydroxylamine groups is 2. The zero-order valence-electron chi connectivity index (χ0n) is 14.7. The van der Waals surface area contributed by atoms with Crippen LogP contribution < -0.4 is 0 Å². The maximum atomic E-state index is 13.5. The number of nitrogens with zero attached hydrogens (tertiary/aromatic N) is 4. The lowest BCUT2D eigenvalue weighted by Gasteiger charge is -2.38. The molecule has 0 bridgehead atoms. The number of pyridine rings is 1. The molecule has 138 valence electrons. The van der Waals surface area contributed by atoms with Crippen molar-refractivity contribution < 1.29 is 14.0 Å². The molecule has 2 aromatic heterocycles. The summed E-state index contributed by atoms with van der Waals surface area (Å²) in [5.41, 5.74) is 2.74. The van der Waals surface area contributed by atoms with Crippen molar-refractivity contribution in [1.82, 2.24) is 19.6 Å². The third-order valence-corrected chi connectivity index (χ3v) is 5.57. The van der Waals surface area contributed by atoms with Crippen molar-refractivity contribution >= 4 is 16.9 Å². The van der Waals surface area contributed by atoms with Crippen LogP contribution in [0.25, 0.3) is 11.0 Å². The molecule has 7 heteroatoms. The molecule has 2 fully saturated rings. The fourth-order valence-corrected chi connectivity index (χ4v) is 4.07. The molecule has 1 saturated carbocycles. The van der Waals surface area contributed by atoms with Crippen LogP contribution in [0.15, 0.2) is 49.1 Å². The van der Waals surface area contributed by atoms with E-state index in [1.807, 2.05) is 30.6 Å². The quantitative estimate of drug-likeness (QED) is 0.713. The molecule has 1 aromatic carbocycles. The second-order valence-electron chi connectivity index (χ2n) is 7.20. The molecule has 0 radical (unpaired) electrons. The van der Waals surface area contributed by atoms with Crippen LogP contribution in [0.1, 0.15) is 36.9 Å². The van der Waals surface area contributed by atoms with Crippen LogP contribution in [0.4, 0.5) is 4.39 Å². The first-order chi connectivity index (χ1) is 13.2. The highest BCUT2D eigenvalue weighted by molar-refractivity contribution is 5.80. The maximum absolute atomic E-state index is 13.5. The minimum Gasteiger partial charge on any atom is -0.327 e. The van der Waals surface area contributed by atoms with Crippen molar-refractivity contribution in [1.29, 1.82) is 0 Å². The summed E-state index contributed by atoms with van der Waals surface area (Å²) in [4.78, 5) is 26.9. The van der Waals surface area contributed by atoms with Gasteiger partial charge in [-0.05, 0) is 36.6 Å². The first-order valence-corrected chi connectivity index (χ1v) is 9.19. The lowest BCUT2D eigenvalue weighted by molar-refractivity contribution is -0.185. The van der Waals surface area contributed by atoms with Crippen molar-refractivity contribution in [3.05, 3.63) is 60.4 Å². The Bertz CT molecular complexity index is 998. The van der Waals surface area contributed by atoms with Gasteiger partial charge < -0.3 is 4.57 Å². The van der Waals surface area contributed by atoms with Crippen LogP contribution in [0.5, 0.6) is 0 Å². The average molecular weight is 366 g/mol. The number of fused-ring (bicyclic) bond motifs is 1. The van der Waals surface area contributed by atoms with E-state index in [1.165, 1.54) is 11.1 Å². The van der Waals surface area contributed by atoms with Gasteiger partial charge in [0.15, 0.2) is 0 Å². The van der Waals surface area contributed by atoms with E-state index in [0.717, 1.165) is 30.1 Å². The highest BCUT2D eigenvalue weighted by Crippen LogP contribution is 2.42. The fraction of sp³-hybridized carbons (Fsp3) is 0.350. The summed E-state index contributed by atoms with van der Waals surface area (Å²) in [7, 11) is 0. The summed E-state index contributed by atoms with van der Waals surface area (Å²) in [5, 5.41) is 1.43. The van der Waals surface area contributed by atoms with Crippen molar-refractivity contribution in [2.24, 2.45) is 5.92 Å². The summed E-state index contributed by atoms with van der Waals surface area (Å²) in [6.45, 7) is 0.454. The summed E-state index contributed by atoms with van der Waals surface area (Å²) in [6, 6.07) is 9.43. The first kappa shape index (κ1) is 16.4. The average Bonchev–Trinajstić information content (AvgIpc) is 3.28. The Kier molecular flexibility index (Phi) is 3.89. The van der Waals surface area contributed by atoms with Crippen LogP contribution in [0.3, 0.4) is 0 Å². The van der Waals surface area contributed by atoms with Gasteiger partial charge in [-0.15, -0.1) is 0 Å². The van der Waals surface area contributed by atoms with E-state index in [9.17, 15) is 9.18 Å². The molecule has 3 aromatic rings. The van der Waals surface area contributed by atoms with Gasteiger partial charge in [0, 0.05) is 24.6 Å². The van der Waals surface area contributed by atoms with E-state index in [1.54, 1.807) is 6.20 Å². The number of carbonyl (C=O) groups excluding carboxylic acids is 1. The molecule has 1 saturated heterocycles. The highest BCUT2D eigenvalue weighted by Gasteiger charge is 2.42. The second kappa shape index (κ2) is 6.42. The Morgan fingerprint density at radius 3 is 2.93 bits per heavy atom. The summed E-state index contributed by atoms with van der Waals surface area (Å²) in [5.74, 6) is -0.511. The Morgan fingerprint density at radius 2 is 2.07 bits per heavy atom. The lowest BCUT2D eigenvalue weighted by Crippen LogP contribution is -2.41. The van der Waals surface area contributed by atoms with Crippen LogP contribution >= 0.6 is 0 Å². The van der Waals surface area contributed by atoms with E-state index in [2.05, 4.69) is 14.5 Å². The first-order valence-electron chi connectivity index (χ1n) is 9.19. The SMILES string of the molecule is O=C([C@H]1C[C@@H](n2cnc3ccccc32)C1)N1OCC[C@H]1c1cncc(F)c1. The number of para-hydroxylation sites is 2. The van der Waals surface area contributed by atoms with Gasteiger partial charge in [-0.25, -0.2) is 14.4 Å².